The molecule has 2 saturated heterocycles. The molecule has 2 aliphatic rings. The Labute approximate surface area is 124 Å². The molecule has 0 unspecified atom stereocenters. The third-order valence-electron chi connectivity index (χ3n) is 4.37. The Bertz CT molecular complexity index is 657. The fraction of sp³-hybridized carbons (Fsp3) is 0.571. The summed E-state index contributed by atoms with van der Waals surface area (Å²) in [7, 11) is -3.19. The van der Waals surface area contributed by atoms with Crippen LogP contribution >= 0.6 is 0 Å². The van der Waals surface area contributed by atoms with Gasteiger partial charge in [-0.3, -0.25) is 9.78 Å². The van der Waals surface area contributed by atoms with Crippen molar-refractivity contribution in [1.82, 2.24) is 14.2 Å². The maximum absolute atomic E-state index is 12.6. The fourth-order valence-electron chi connectivity index (χ4n) is 3.37. The molecule has 2 atom stereocenters. The number of amides is 1. The Morgan fingerprint density at radius 2 is 1.95 bits per heavy atom. The van der Waals surface area contributed by atoms with Gasteiger partial charge in [0.15, 0.2) is 0 Å². The molecule has 114 valence electrons. The highest BCUT2D eigenvalue weighted by molar-refractivity contribution is 7.88. The largest absolute Gasteiger partial charge is 0.334 e. The fourth-order valence-corrected chi connectivity index (χ4v) is 4.55. The molecular weight excluding hydrogens is 290 g/mol. The Morgan fingerprint density at radius 1 is 1.24 bits per heavy atom. The third kappa shape index (κ3) is 2.55. The van der Waals surface area contributed by atoms with E-state index in [9.17, 15) is 13.2 Å². The van der Waals surface area contributed by atoms with Crippen LogP contribution in [-0.4, -0.2) is 59.9 Å². The molecule has 0 bridgehead atoms. The van der Waals surface area contributed by atoms with Crippen LogP contribution in [0.2, 0.25) is 0 Å². The molecule has 2 fully saturated rings. The predicted molar refractivity (Wildman–Crippen MR) is 78.4 cm³/mol. The van der Waals surface area contributed by atoms with Gasteiger partial charge in [-0.05, 0) is 31.9 Å². The van der Waals surface area contributed by atoms with E-state index in [2.05, 4.69) is 4.98 Å². The first-order chi connectivity index (χ1) is 9.88. The zero-order valence-electron chi connectivity index (χ0n) is 12.2. The van der Waals surface area contributed by atoms with Crippen LogP contribution in [0.25, 0.3) is 0 Å². The Morgan fingerprint density at radius 3 is 2.57 bits per heavy atom. The van der Waals surface area contributed by atoms with E-state index in [4.69, 9.17) is 0 Å². The lowest BCUT2D eigenvalue weighted by atomic mass is 10.1. The van der Waals surface area contributed by atoms with Crippen LogP contribution < -0.4 is 0 Å². The van der Waals surface area contributed by atoms with E-state index < -0.39 is 10.0 Å². The van der Waals surface area contributed by atoms with Crippen molar-refractivity contribution in [2.45, 2.75) is 31.8 Å². The highest BCUT2D eigenvalue weighted by atomic mass is 32.2. The van der Waals surface area contributed by atoms with E-state index in [1.165, 1.54) is 6.26 Å². The first kappa shape index (κ1) is 14.5. The molecule has 0 saturated carbocycles. The summed E-state index contributed by atoms with van der Waals surface area (Å²) in [5.74, 6) is -0.0506. The van der Waals surface area contributed by atoms with Crippen molar-refractivity contribution in [3.05, 3.63) is 29.6 Å². The molecule has 3 heterocycles. The number of likely N-dealkylation sites (tertiary alicyclic amines) is 1. The second-order valence-corrected chi connectivity index (χ2v) is 7.71. The average molecular weight is 309 g/mol. The van der Waals surface area contributed by atoms with Gasteiger partial charge in [0.1, 0.15) is 0 Å². The third-order valence-corrected chi connectivity index (χ3v) is 5.68. The molecule has 1 aromatic heterocycles. The molecule has 0 aromatic carbocycles. The molecule has 3 rings (SSSR count). The highest BCUT2D eigenvalue weighted by Crippen LogP contribution is 2.33. The minimum atomic E-state index is -3.19. The number of carbonyl (C=O) groups excluding carboxylic acids is 1. The summed E-state index contributed by atoms with van der Waals surface area (Å²) in [5.41, 5.74) is 1.44. The van der Waals surface area contributed by atoms with Gasteiger partial charge in [-0.1, -0.05) is 0 Å². The van der Waals surface area contributed by atoms with E-state index in [-0.39, 0.29) is 18.0 Å². The first-order valence-electron chi connectivity index (χ1n) is 7.08. The number of rotatable bonds is 2. The molecule has 6 nitrogen and oxygen atoms in total. The number of pyridine rings is 1. The molecule has 0 aliphatic carbocycles. The number of hydrogen-bond donors (Lipinski definition) is 0. The van der Waals surface area contributed by atoms with Crippen molar-refractivity contribution in [3.8, 4) is 0 Å². The van der Waals surface area contributed by atoms with Crippen molar-refractivity contribution >= 4 is 15.9 Å². The predicted octanol–water partition coefficient (Wildman–Crippen LogP) is 0.638. The van der Waals surface area contributed by atoms with E-state index in [1.54, 1.807) is 16.6 Å². The standard InChI is InChI=1S/C14H19N3O3S/c1-10-3-4-11(9-15-10)14(18)16-7-5-13-12(16)6-8-17(13)21(2,19)20/h3-4,9,12-13H,5-8H2,1-2H3/t12-,13-/m1/s1. The van der Waals surface area contributed by atoms with Gasteiger partial charge >= 0.3 is 0 Å². The summed E-state index contributed by atoms with van der Waals surface area (Å²) in [6.07, 6.45) is 4.25. The molecule has 21 heavy (non-hydrogen) atoms. The Balaban J connectivity index is 1.80. The van der Waals surface area contributed by atoms with Crippen molar-refractivity contribution in [1.29, 1.82) is 0 Å². The average Bonchev–Trinajstić information content (AvgIpc) is 2.98. The molecular formula is C14H19N3O3S. The quantitative estimate of drug-likeness (QED) is 0.804. The normalized spacial score (nSPS) is 26.1. The minimum absolute atomic E-state index is 0.00599. The van der Waals surface area contributed by atoms with Gasteiger partial charge < -0.3 is 4.90 Å². The SMILES string of the molecule is Cc1ccc(C(=O)N2CC[C@@H]3[C@H]2CCN3S(C)(=O)=O)cn1. The summed E-state index contributed by atoms with van der Waals surface area (Å²) in [6, 6.07) is 3.52. The van der Waals surface area contributed by atoms with Crippen LogP contribution in [0, 0.1) is 6.92 Å². The molecule has 1 aromatic rings. The van der Waals surface area contributed by atoms with E-state index in [0.717, 1.165) is 5.69 Å². The molecule has 0 N–H and O–H groups in total. The molecule has 0 radical (unpaired) electrons. The Kier molecular flexibility index (Phi) is 3.49. The number of hydrogen-bond acceptors (Lipinski definition) is 4. The van der Waals surface area contributed by atoms with Gasteiger partial charge in [-0.15, -0.1) is 0 Å². The second-order valence-electron chi connectivity index (χ2n) is 5.77. The number of aryl methyl sites for hydroxylation is 1. The van der Waals surface area contributed by atoms with Gasteiger partial charge in [0, 0.05) is 37.1 Å². The highest BCUT2D eigenvalue weighted by Gasteiger charge is 2.47. The van der Waals surface area contributed by atoms with E-state index in [1.807, 2.05) is 17.9 Å². The maximum atomic E-state index is 12.6. The minimum Gasteiger partial charge on any atom is -0.334 e. The number of nitrogens with zero attached hydrogens (tertiary/aromatic N) is 3. The van der Waals surface area contributed by atoms with Gasteiger partial charge in [-0.25, -0.2) is 8.42 Å². The van der Waals surface area contributed by atoms with Crippen LogP contribution in [0.3, 0.4) is 0 Å². The summed E-state index contributed by atoms with van der Waals surface area (Å²) < 4.78 is 25.1. The second kappa shape index (κ2) is 5.06. The number of aromatic nitrogens is 1. The molecule has 0 spiro atoms. The summed E-state index contributed by atoms with van der Waals surface area (Å²) in [4.78, 5) is 18.5. The smallest absolute Gasteiger partial charge is 0.255 e. The van der Waals surface area contributed by atoms with Crippen molar-refractivity contribution in [2.24, 2.45) is 0 Å². The summed E-state index contributed by atoms with van der Waals surface area (Å²) in [6.45, 7) is 2.99. The van der Waals surface area contributed by atoms with Crippen molar-refractivity contribution in [2.75, 3.05) is 19.3 Å². The number of fused-ring (bicyclic) bond motifs is 1. The Hall–Kier alpha value is -1.47. The maximum Gasteiger partial charge on any atom is 0.255 e. The van der Waals surface area contributed by atoms with Gasteiger partial charge in [0.2, 0.25) is 10.0 Å². The summed E-state index contributed by atoms with van der Waals surface area (Å²) in [5, 5.41) is 0. The van der Waals surface area contributed by atoms with Crippen molar-refractivity contribution < 1.29 is 13.2 Å². The molecule has 1 amide bonds. The van der Waals surface area contributed by atoms with Crippen LogP contribution in [0.15, 0.2) is 18.3 Å². The zero-order chi connectivity index (χ0) is 15.2. The molecule has 2 aliphatic heterocycles. The first-order valence-corrected chi connectivity index (χ1v) is 8.93. The molecule has 7 heteroatoms. The lowest BCUT2D eigenvalue weighted by Gasteiger charge is -2.24. The summed E-state index contributed by atoms with van der Waals surface area (Å²) >= 11 is 0. The van der Waals surface area contributed by atoms with Gasteiger partial charge in [0.25, 0.3) is 5.91 Å². The number of sulfonamides is 1. The lowest BCUT2D eigenvalue weighted by Crippen LogP contribution is -2.41. The zero-order valence-corrected chi connectivity index (χ0v) is 13.0. The van der Waals surface area contributed by atoms with Gasteiger partial charge in [-0.2, -0.15) is 4.31 Å². The van der Waals surface area contributed by atoms with Crippen LogP contribution in [0.1, 0.15) is 28.9 Å². The van der Waals surface area contributed by atoms with Crippen LogP contribution in [0.5, 0.6) is 0 Å². The van der Waals surface area contributed by atoms with E-state index >= 15 is 0 Å². The topological polar surface area (TPSA) is 70.6 Å². The monoisotopic (exact) mass is 309 g/mol. The number of carbonyl (C=O) groups is 1. The van der Waals surface area contributed by atoms with Crippen LogP contribution in [-0.2, 0) is 10.0 Å². The lowest BCUT2D eigenvalue weighted by molar-refractivity contribution is 0.0734. The van der Waals surface area contributed by atoms with Gasteiger partial charge in [0.05, 0.1) is 11.8 Å². The van der Waals surface area contributed by atoms with Crippen LogP contribution in [0.4, 0.5) is 0 Å². The van der Waals surface area contributed by atoms with E-state index in [0.29, 0.717) is 31.5 Å². The van der Waals surface area contributed by atoms with Crippen molar-refractivity contribution in [3.63, 3.8) is 0 Å².